The monoisotopic (exact) mass is 317 g/mol. The predicted molar refractivity (Wildman–Crippen MR) is 86.2 cm³/mol. The molecule has 2 rings (SSSR count). The quantitative estimate of drug-likeness (QED) is 0.889. The van der Waals surface area contributed by atoms with Gasteiger partial charge in [0.25, 0.3) is 0 Å². The maximum atomic E-state index is 13.2. The Balaban J connectivity index is 2.04. The number of hydrogen-bond acceptors (Lipinski definition) is 3. The van der Waals surface area contributed by atoms with Gasteiger partial charge in [-0.3, -0.25) is 4.79 Å². The van der Waals surface area contributed by atoms with Crippen LogP contribution in [0.1, 0.15) is 24.1 Å². The van der Waals surface area contributed by atoms with E-state index in [-0.39, 0.29) is 24.2 Å². The molecule has 1 atom stereocenters. The van der Waals surface area contributed by atoms with Crippen LogP contribution in [-0.4, -0.2) is 20.1 Å². The highest BCUT2D eigenvalue weighted by Gasteiger charge is 2.13. The summed E-state index contributed by atoms with van der Waals surface area (Å²) in [6.45, 7) is 1.82. The summed E-state index contributed by atoms with van der Waals surface area (Å²) < 4.78 is 23.7. The zero-order valence-electron chi connectivity index (χ0n) is 13.4. The van der Waals surface area contributed by atoms with E-state index < -0.39 is 0 Å². The lowest BCUT2D eigenvalue weighted by molar-refractivity contribution is -0.121. The third kappa shape index (κ3) is 4.45. The van der Waals surface area contributed by atoms with Crippen molar-refractivity contribution in [3.8, 4) is 11.5 Å². The van der Waals surface area contributed by atoms with Gasteiger partial charge in [-0.05, 0) is 30.7 Å². The lowest BCUT2D eigenvalue weighted by Crippen LogP contribution is -2.28. The Labute approximate surface area is 135 Å². The van der Waals surface area contributed by atoms with Gasteiger partial charge in [-0.15, -0.1) is 0 Å². The normalized spacial score (nSPS) is 11.7. The van der Waals surface area contributed by atoms with Crippen molar-refractivity contribution in [3.05, 3.63) is 59.4 Å². The Kier molecular flexibility index (Phi) is 5.57. The molecule has 0 bridgehead atoms. The maximum Gasteiger partial charge on any atom is 0.225 e. The van der Waals surface area contributed by atoms with Crippen molar-refractivity contribution in [2.45, 2.75) is 19.4 Å². The highest BCUT2D eigenvalue weighted by atomic mass is 19.1. The highest BCUT2D eigenvalue weighted by Crippen LogP contribution is 2.25. The summed E-state index contributed by atoms with van der Waals surface area (Å²) in [6, 6.07) is 11.2. The molecule has 1 N–H and O–H groups in total. The zero-order chi connectivity index (χ0) is 16.8. The minimum Gasteiger partial charge on any atom is -0.497 e. The molecule has 2 aromatic carbocycles. The van der Waals surface area contributed by atoms with Gasteiger partial charge in [-0.25, -0.2) is 4.39 Å². The maximum absolute atomic E-state index is 13.2. The van der Waals surface area contributed by atoms with Crippen molar-refractivity contribution in [1.29, 1.82) is 0 Å². The van der Waals surface area contributed by atoms with E-state index in [1.54, 1.807) is 44.6 Å². The smallest absolute Gasteiger partial charge is 0.225 e. The van der Waals surface area contributed by atoms with E-state index in [0.717, 1.165) is 11.1 Å². The summed E-state index contributed by atoms with van der Waals surface area (Å²) >= 11 is 0. The minimum atomic E-state index is -0.319. The summed E-state index contributed by atoms with van der Waals surface area (Å²) in [5.74, 6) is 0.780. The van der Waals surface area contributed by atoms with Gasteiger partial charge < -0.3 is 14.8 Å². The van der Waals surface area contributed by atoms with Gasteiger partial charge in [0.15, 0.2) is 0 Å². The molecule has 0 saturated heterocycles. The minimum absolute atomic E-state index is 0.162. The summed E-state index contributed by atoms with van der Waals surface area (Å²) in [5, 5.41) is 2.86. The first-order valence-corrected chi connectivity index (χ1v) is 7.29. The molecule has 0 aliphatic heterocycles. The second-order valence-electron chi connectivity index (χ2n) is 5.20. The molecule has 1 amide bonds. The highest BCUT2D eigenvalue weighted by molar-refractivity contribution is 5.79. The van der Waals surface area contributed by atoms with Crippen LogP contribution in [0.4, 0.5) is 4.39 Å². The summed E-state index contributed by atoms with van der Waals surface area (Å²) in [4.78, 5) is 12.2. The molecule has 2 aromatic rings. The molecule has 5 heteroatoms. The first-order valence-electron chi connectivity index (χ1n) is 7.29. The van der Waals surface area contributed by atoms with Gasteiger partial charge in [0, 0.05) is 11.6 Å². The van der Waals surface area contributed by atoms with Crippen LogP contribution in [0.2, 0.25) is 0 Å². The third-order valence-electron chi connectivity index (χ3n) is 3.57. The first-order chi connectivity index (χ1) is 11.0. The standard InChI is InChI=1S/C18H20FNO3/c1-12(13-5-4-6-15(19)9-13)20-18(21)10-14-7-8-16(22-2)11-17(14)23-3/h4-9,11-12H,10H2,1-3H3,(H,20,21). The molecule has 4 nitrogen and oxygen atoms in total. The Bertz CT molecular complexity index is 688. The van der Waals surface area contributed by atoms with Crippen molar-refractivity contribution in [1.82, 2.24) is 5.32 Å². The molecule has 0 radical (unpaired) electrons. The van der Waals surface area contributed by atoms with E-state index in [9.17, 15) is 9.18 Å². The van der Waals surface area contributed by atoms with Gasteiger partial charge in [-0.1, -0.05) is 18.2 Å². The Morgan fingerprint density at radius 2 is 1.96 bits per heavy atom. The van der Waals surface area contributed by atoms with Gasteiger partial charge in [0.1, 0.15) is 17.3 Å². The second kappa shape index (κ2) is 7.63. The van der Waals surface area contributed by atoms with E-state index in [1.807, 2.05) is 6.92 Å². The molecule has 0 aliphatic rings. The Morgan fingerprint density at radius 1 is 1.17 bits per heavy atom. The number of carbonyl (C=O) groups is 1. The number of benzene rings is 2. The number of rotatable bonds is 6. The van der Waals surface area contributed by atoms with E-state index in [0.29, 0.717) is 11.5 Å². The Morgan fingerprint density at radius 3 is 2.61 bits per heavy atom. The first kappa shape index (κ1) is 16.8. The van der Waals surface area contributed by atoms with Crippen LogP contribution in [0, 0.1) is 5.82 Å². The third-order valence-corrected chi connectivity index (χ3v) is 3.57. The molecular formula is C18H20FNO3. The average Bonchev–Trinajstić information content (AvgIpc) is 2.55. The average molecular weight is 317 g/mol. The molecule has 0 heterocycles. The van der Waals surface area contributed by atoms with Crippen LogP contribution in [0.15, 0.2) is 42.5 Å². The summed E-state index contributed by atoms with van der Waals surface area (Å²) in [6.07, 6.45) is 0.173. The molecule has 0 fully saturated rings. The molecule has 0 saturated carbocycles. The predicted octanol–water partition coefficient (Wildman–Crippen LogP) is 3.26. The van der Waals surface area contributed by atoms with E-state index >= 15 is 0 Å². The fourth-order valence-electron chi connectivity index (χ4n) is 2.32. The molecule has 23 heavy (non-hydrogen) atoms. The summed E-state index contributed by atoms with van der Waals surface area (Å²) in [5.41, 5.74) is 1.48. The van der Waals surface area contributed by atoms with E-state index in [2.05, 4.69) is 5.32 Å². The van der Waals surface area contributed by atoms with Crippen LogP contribution in [0.5, 0.6) is 11.5 Å². The number of carbonyl (C=O) groups excluding carboxylic acids is 1. The zero-order valence-corrected chi connectivity index (χ0v) is 13.4. The SMILES string of the molecule is COc1ccc(CC(=O)NC(C)c2cccc(F)c2)c(OC)c1. The molecule has 0 spiro atoms. The number of ether oxygens (including phenoxy) is 2. The van der Waals surface area contributed by atoms with Crippen molar-refractivity contribution in [3.63, 3.8) is 0 Å². The van der Waals surface area contributed by atoms with Gasteiger partial charge in [0.2, 0.25) is 5.91 Å². The molecular weight excluding hydrogens is 297 g/mol. The van der Waals surface area contributed by atoms with Crippen molar-refractivity contribution in [2.24, 2.45) is 0 Å². The molecule has 0 aliphatic carbocycles. The number of halogens is 1. The fourth-order valence-corrected chi connectivity index (χ4v) is 2.32. The summed E-state index contributed by atoms with van der Waals surface area (Å²) in [7, 11) is 3.12. The van der Waals surface area contributed by atoms with Crippen LogP contribution in [0.3, 0.4) is 0 Å². The lowest BCUT2D eigenvalue weighted by Gasteiger charge is -2.15. The van der Waals surface area contributed by atoms with Crippen LogP contribution in [0.25, 0.3) is 0 Å². The topological polar surface area (TPSA) is 47.6 Å². The molecule has 0 aromatic heterocycles. The van der Waals surface area contributed by atoms with Crippen molar-refractivity contribution >= 4 is 5.91 Å². The largest absolute Gasteiger partial charge is 0.497 e. The van der Waals surface area contributed by atoms with Gasteiger partial charge in [0.05, 0.1) is 26.7 Å². The van der Waals surface area contributed by atoms with Crippen LogP contribution >= 0.6 is 0 Å². The number of methoxy groups -OCH3 is 2. The number of nitrogens with one attached hydrogen (secondary N) is 1. The fraction of sp³-hybridized carbons (Fsp3) is 0.278. The Hall–Kier alpha value is -2.56. The van der Waals surface area contributed by atoms with Gasteiger partial charge >= 0.3 is 0 Å². The molecule has 1 unspecified atom stereocenters. The van der Waals surface area contributed by atoms with Gasteiger partial charge in [-0.2, -0.15) is 0 Å². The van der Waals surface area contributed by atoms with Crippen molar-refractivity contribution in [2.75, 3.05) is 14.2 Å². The number of hydrogen-bond donors (Lipinski definition) is 1. The lowest BCUT2D eigenvalue weighted by atomic mass is 10.1. The van der Waals surface area contributed by atoms with Crippen LogP contribution < -0.4 is 14.8 Å². The van der Waals surface area contributed by atoms with E-state index in [1.165, 1.54) is 12.1 Å². The number of amides is 1. The van der Waals surface area contributed by atoms with Crippen molar-refractivity contribution < 1.29 is 18.7 Å². The molecule has 122 valence electrons. The second-order valence-corrected chi connectivity index (χ2v) is 5.20. The van der Waals surface area contributed by atoms with Crippen LogP contribution in [-0.2, 0) is 11.2 Å². The van der Waals surface area contributed by atoms with E-state index in [4.69, 9.17) is 9.47 Å².